The molecule has 0 unspecified atom stereocenters. The smallest absolute Gasteiger partial charge is 0.234 e. The number of likely N-dealkylation sites (tertiary alicyclic amines) is 1. The highest BCUT2D eigenvalue weighted by Crippen LogP contribution is 2.34. The van der Waals surface area contributed by atoms with Gasteiger partial charge in [-0.15, -0.1) is 0 Å². The quantitative estimate of drug-likeness (QED) is 0.819. The van der Waals surface area contributed by atoms with Crippen molar-refractivity contribution in [1.29, 1.82) is 0 Å². The van der Waals surface area contributed by atoms with Gasteiger partial charge in [0.25, 0.3) is 0 Å². The van der Waals surface area contributed by atoms with Gasteiger partial charge >= 0.3 is 0 Å². The van der Waals surface area contributed by atoms with Crippen molar-refractivity contribution in [1.82, 2.24) is 4.90 Å². The highest BCUT2D eigenvalue weighted by atomic mass is 16.1. The summed E-state index contributed by atoms with van der Waals surface area (Å²) in [6.07, 6.45) is 7.27. The van der Waals surface area contributed by atoms with Crippen molar-refractivity contribution in [3.8, 4) is 0 Å². The molecule has 17 heavy (non-hydrogen) atoms. The fourth-order valence-corrected chi connectivity index (χ4v) is 3.63. The summed E-state index contributed by atoms with van der Waals surface area (Å²) in [7, 11) is 0. The number of carbonyl (C=O) groups excluding carboxylic acids is 1. The summed E-state index contributed by atoms with van der Waals surface area (Å²) < 4.78 is 0. The Morgan fingerprint density at radius 2 is 1.82 bits per heavy atom. The zero-order chi connectivity index (χ0) is 12.4. The molecule has 2 fully saturated rings. The molecule has 1 amide bonds. The van der Waals surface area contributed by atoms with Crippen molar-refractivity contribution in [2.24, 2.45) is 17.6 Å². The molecule has 0 radical (unpaired) electrons. The van der Waals surface area contributed by atoms with Crippen LogP contribution in [0.25, 0.3) is 0 Å². The van der Waals surface area contributed by atoms with Gasteiger partial charge in [0.15, 0.2) is 0 Å². The summed E-state index contributed by atoms with van der Waals surface area (Å²) in [4.78, 5) is 13.8. The zero-order valence-electron chi connectivity index (χ0n) is 11.2. The summed E-state index contributed by atoms with van der Waals surface area (Å²) in [5.74, 6) is 1.58. The Kier molecular flexibility index (Phi) is 4.08. The van der Waals surface area contributed by atoms with Crippen LogP contribution in [0.3, 0.4) is 0 Å². The Morgan fingerprint density at radius 1 is 1.18 bits per heavy atom. The monoisotopic (exact) mass is 238 g/mol. The largest absolute Gasteiger partial charge is 0.368 e. The van der Waals surface area contributed by atoms with Gasteiger partial charge < -0.3 is 5.73 Å². The van der Waals surface area contributed by atoms with E-state index in [9.17, 15) is 4.79 Å². The van der Waals surface area contributed by atoms with Gasteiger partial charge in [0.2, 0.25) is 5.91 Å². The number of amides is 1. The molecule has 1 aliphatic carbocycles. The molecular weight excluding hydrogens is 212 g/mol. The number of primary amides is 1. The molecule has 1 saturated carbocycles. The SMILES string of the molecule is CC(C)C1CCC(N2CCC[C@H]2C(N)=O)CC1. The third kappa shape index (κ3) is 2.82. The maximum Gasteiger partial charge on any atom is 0.234 e. The topological polar surface area (TPSA) is 46.3 Å². The van der Waals surface area contributed by atoms with Gasteiger partial charge in [-0.1, -0.05) is 13.8 Å². The van der Waals surface area contributed by atoms with Gasteiger partial charge in [-0.25, -0.2) is 0 Å². The molecule has 0 aromatic heterocycles. The van der Waals surface area contributed by atoms with Gasteiger partial charge in [-0.3, -0.25) is 9.69 Å². The summed E-state index contributed by atoms with van der Waals surface area (Å²) in [6, 6.07) is 0.639. The van der Waals surface area contributed by atoms with Gasteiger partial charge in [-0.2, -0.15) is 0 Å². The number of nitrogens with two attached hydrogens (primary N) is 1. The second-order valence-corrected chi connectivity index (χ2v) is 6.11. The molecule has 3 nitrogen and oxygen atoms in total. The van der Waals surface area contributed by atoms with Crippen LogP contribution < -0.4 is 5.73 Å². The molecule has 0 bridgehead atoms. The minimum Gasteiger partial charge on any atom is -0.368 e. The average Bonchev–Trinajstić information content (AvgIpc) is 2.78. The molecule has 0 spiro atoms. The predicted molar refractivity (Wildman–Crippen MR) is 69.5 cm³/mol. The maximum absolute atomic E-state index is 11.4. The van der Waals surface area contributed by atoms with Crippen molar-refractivity contribution in [2.45, 2.75) is 64.5 Å². The highest BCUT2D eigenvalue weighted by Gasteiger charge is 2.36. The predicted octanol–water partition coefficient (Wildman–Crippen LogP) is 2.15. The van der Waals surface area contributed by atoms with Crippen LogP contribution in [0.15, 0.2) is 0 Å². The Bertz CT molecular complexity index is 269. The average molecular weight is 238 g/mol. The lowest BCUT2D eigenvalue weighted by Crippen LogP contribution is -2.47. The van der Waals surface area contributed by atoms with E-state index in [1.165, 1.54) is 25.7 Å². The first-order valence-electron chi connectivity index (χ1n) is 7.14. The highest BCUT2D eigenvalue weighted by molar-refractivity contribution is 5.80. The van der Waals surface area contributed by atoms with Crippen LogP contribution in [0, 0.1) is 11.8 Å². The van der Waals surface area contributed by atoms with Crippen molar-refractivity contribution in [3.05, 3.63) is 0 Å². The van der Waals surface area contributed by atoms with E-state index >= 15 is 0 Å². The van der Waals surface area contributed by atoms with E-state index in [2.05, 4.69) is 18.7 Å². The Labute approximate surface area is 105 Å². The second kappa shape index (κ2) is 5.38. The lowest BCUT2D eigenvalue weighted by atomic mass is 9.79. The van der Waals surface area contributed by atoms with Gasteiger partial charge in [0, 0.05) is 6.04 Å². The molecule has 2 aliphatic rings. The molecule has 0 aromatic rings. The number of nitrogens with zero attached hydrogens (tertiary/aromatic N) is 1. The molecule has 1 aliphatic heterocycles. The Morgan fingerprint density at radius 3 is 2.35 bits per heavy atom. The molecule has 1 heterocycles. The Hall–Kier alpha value is -0.570. The summed E-state index contributed by atoms with van der Waals surface area (Å²) >= 11 is 0. The van der Waals surface area contributed by atoms with Gasteiger partial charge in [-0.05, 0) is 56.9 Å². The molecule has 2 rings (SSSR count). The molecule has 1 saturated heterocycles. The lowest BCUT2D eigenvalue weighted by Gasteiger charge is -2.38. The van der Waals surface area contributed by atoms with E-state index in [1.54, 1.807) is 0 Å². The molecule has 2 N–H and O–H groups in total. The Balaban J connectivity index is 1.90. The minimum atomic E-state index is -0.117. The second-order valence-electron chi connectivity index (χ2n) is 6.11. The van der Waals surface area contributed by atoms with Crippen LogP contribution in [0.1, 0.15) is 52.4 Å². The third-order valence-electron chi connectivity index (χ3n) is 4.78. The van der Waals surface area contributed by atoms with Crippen molar-refractivity contribution >= 4 is 5.91 Å². The van der Waals surface area contributed by atoms with Crippen molar-refractivity contribution in [2.75, 3.05) is 6.54 Å². The summed E-state index contributed by atoms with van der Waals surface area (Å²) in [6.45, 7) is 5.73. The van der Waals surface area contributed by atoms with E-state index in [-0.39, 0.29) is 11.9 Å². The van der Waals surface area contributed by atoms with E-state index in [1.807, 2.05) is 0 Å². The fraction of sp³-hybridized carbons (Fsp3) is 0.929. The van der Waals surface area contributed by atoms with Gasteiger partial charge in [0.05, 0.1) is 6.04 Å². The first-order valence-corrected chi connectivity index (χ1v) is 7.14. The van der Waals surface area contributed by atoms with Crippen LogP contribution in [-0.4, -0.2) is 29.4 Å². The summed E-state index contributed by atoms with van der Waals surface area (Å²) in [5.41, 5.74) is 5.49. The molecular formula is C14H26N2O. The first-order chi connectivity index (χ1) is 8.09. The first kappa shape index (κ1) is 12.9. The van der Waals surface area contributed by atoms with Gasteiger partial charge in [0.1, 0.15) is 0 Å². The summed E-state index contributed by atoms with van der Waals surface area (Å²) in [5, 5.41) is 0. The number of carbonyl (C=O) groups is 1. The third-order valence-corrected chi connectivity index (χ3v) is 4.78. The van der Waals surface area contributed by atoms with Crippen molar-refractivity contribution in [3.63, 3.8) is 0 Å². The van der Waals surface area contributed by atoms with E-state index in [0.717, 1.165) is 31.2 Å². The minimum absolute atomic E-state index is 0.0237. The van der Waals surface area contributed by atoms with E-state index in [4.69, 9.17) is 5.73 Å². The normalized spacial score (nSPS) is 35.4. The zero-order valence-corrected chi connectivity index (χ0v) is 11.2. The van der Waals surface area contributed by atoms with Crippen LogP contribution in [0.2, 0.25) is 0 Å². The lowest BCUT2D eigenvalue weighted by molar-refractivity contribution is -0.123. The van der Waals surface area contributed by atoms with E-state index < -0.39 is 0 Å². The number of hydrogen-bond donors (Lipinski definition) is 1. The fourth-order valence-electron chi connectivity index (χ4n) is 3.63. The number of rotatable bonds is 3. The molecule has 98 valence electrons. The number of hydrogen-bond acceptors (Lipinski definition) is 2. The van der Waals surface area contributed by atoms with Crippen LogP contribution >= 0.6 is 0 Å². The molecule has 0 aromatic carbocycles. The standard InChI is InChI=1S/C14H26N2O/c1-10(2)11-5-7-12(8-6-11)16-9-3-4-13(16)14(15)17/h10-13H,3-9H2,1-2H3,(H2,15,17)/t11?,12?,13-/m0/s1. The van der Waals surface area contributed by atoms with Crippen LogP contribution in [-0.2, 0) is 4.79 Å². The molecule has 3 heteroatoms. The van der Waals surface area contributed by atoms with Crippen LogP contribution in [0.4, 0.5) is 0 Å². The van der Waals surface area contributed by atoms with Crippen LogP contribution in [0.5, 0.6) is 0 Å². The maximum atomic E-state index is 11.4. The van der Waals surface area contributed by atoms with Crippen molar-refractivity contribution < 1.29 is 4.79 Å². The molecule has 1 atom stereocenters. The van der Waals surface area contributed by atoms with E-state index in [0.29, 0.717) is 6.04 Å².